The number of hydrogen-bond acceptors (Lipinski definition) is 5. The van der Waals surface area contributed by atoms with Gasteiger partial charge in [-0.15, -0.1) is 23.1 Å². The first-order valence-electron chi connectivity index (χ1n) is 6.02. The van der Waals surface area contributed by atoms with Crippen LogP contribution in [-0.4, -0.2) is 27.8 Å². The number of benzene rings is 1. The van der Waals surface area contributed by atoms with Crippen molar-refractivity contribution in [3.05, 3.63) is 46.2 Å². The number of hydrogen-bond donors (Lipinski definition) is 3. The molecule has 110 valence electrons. The second-order valence-electron chi connectivity index (χ2n) is 4.16. The van der Waals surface area contributed by atoms with E-state index in [2.05, 4.69) is 5.32 Å². The molecule has 5 nitrogen and oxygen atoms in total. The summed E-state index contributed by atoms with van der Waals surface area (Å²) >= 11 is 3.08. The monoisotopic (exact) mass is 323 g/mol. The number of carboxylic acids is 1. The van der Waals surface area contributed by atoms with Crippen LogP contribution in [0.5, 0.6) is 5.75 Å². The maximum absolute atomic E-state index is 11.8. The Kier molecular flexibility index (Phi) is 5.24. The molecule has 3 N–H and O–H groups in total. The van der Waals surface area contributed by atoms with Crippen LogP contribution in [0.3, 0.4) is 0 Å². The SMILES string of the molecule is O=C(CSCc1cccs1)Nc1cc(C(=O)O)ccc1O. The molecule has 1 amide bonds. The van der Waals surface area contributed by atoms with Gasteiger partial charge in [0, 0.05) is 10.6 Å². The fourth-order valence-corrected chi connectivity index (χ4v) is 3.26. The third kappa shape index (κ3) is 4.51. The molecule has 0 fully saturated rings. The molecule has 0 spiro atoms. The topological polar surface area (TPSA) is 86.6 Å². The lowest BCUT2D eigenvalue weighted by atomic mass is 10.2. The van der Waals surface area contributed by atoms with Crippen LogP contribution in [0, 0.1) is 0 Å². The van der Waals surface area contributed by atoms with Crippen molar-refractivity contribution < 1.29 is 19.8 Å². The van der Waals surface area contributed by atoms with Crippen molar-refractivity contribution in [2.45, 2.75) is 5.75 Å². The first kappa shape index (κ1) is 15.4. The van der Waals surface area contributed by atoms with Crippen LogP contribution in [-0.2, 0) is 10.5 Å². The second kappa shape index (κ2) is 7.14. The first-order chi connectivity index (χ1) is 10.1. The number of phenols is 1. The number of amides is 1. The van der Waals surface area contributed by atoms with Crippen molar-refractivity contribution in [2.75, 3.05) is 11.1 Å². The number of thioether (sulfide) groups is 1. The van der Waals surface area contributed by atoms with Crippen LogP contribution in [0.25, 0.3) is 0 Å². The average molecular weight is 323 g/mol. The average Bonchev–Trinajstić information content (AvgIpc) is 2.94. The summed E-state index contributed by atoms with van der Waals surface area (Å²) in [6.45, 7) is 0. The minimum atomic E-state index is -1.11. The Morgan fingerprint density at radius 3 is 2.76 bits per heavy atom. The van der Waals surface area contributed by atoms with E-state index < -0.39 is 5.97 Å². The Morgan fingerprint density at radius 1 is 1.29 bits per heavy atom. The molecule has 0 aliphatic heterocycles. The highest BCUT2D eigenvalue weighted by Gasteiger charge is 2.10. The van der Waals surface area contributed by atoms with Crippen LogP contribution >= 0.6 is 23.1 Å². The number of anilines is 1. The lowest BCUT2D eigenvalue weighted by molar-refractivity contribution is -0.113. The Bertz CT molecular complexity index is 640. The number of aromatic hydroxyl groups is 1. The van der Waals surface area contributed by atoms with E-state index in [9.17, 15) is 14.7 Å². The maximum atomic E-state index is 11.8. The first-order valence-corrected chi connectivity index (χ1v) is 8.06. The summed E-state index contributed by atoms with van der Waals surface area (Å²) in [5.41, 5.74) is 0.117. The zero-order valence-corrected chi connectivity index (χ0v) is 12.5. The molecule has 2 aromatic rings. The summed E-state index contributed by atoms with van der Waals surface area (Å²) in [4.78, 5) is 23.8. The predicted octanol–water partition coefficient (Wildman–Crippen LogP) is 3.02. The Balaban J connectivity index is 1.90. The van der Waals surface area contributed by atoms with E-state index >= 15 is 0 Å². The highest BCUT2D eigenvalue weighted by Crippen LogP contribution is 2.25. The van der Waals surface area contributed by atoms with Crippen molar-refractivity contribution in [1.29, 1.82) is 0 Å². The molecule has 1 heterocycles. The molecule has 0 radical (unpaired) electrons. The number of rotatable bonds is 6. The minimum Gasteiger partial charge on any atom is -0.506 e. The lowest BCUT2D eigenvalue weighted by Gasteiger charge is -2.08. The summed E-state index contributed by atoms with van der Waals surface area (Å²) in [6, 6.07) is 7.71. The number of thiophene rings is 1. The van der Waals surface area contributed by atoms with Gasteiger partial charge in [0.1, 0.15) is 5.75 Å². The van der Waals surface area contributed by atoms with E-state index in [1.165, 1.54) is 34.8 Å². The molecule has 0 aliphatic carbocycles. The fourth-order valence-electron chi connectivity index (χ4n) is 1.59. The summed E-state index contributed by atoms with van der Waals surface area (Å²) < 4.78 is 0. The lowest BCUT2D eigenvalue weighted by Crippen LogP contribution is -2.14. The van der Waals surface area contributed by atoms with E-state index in [-0.39, 0.29) is 28.7 Å². The molecule has 0 bridgehead atoms. The summed E-state index contributed by atoms with van der Waals surface area (Å²) in [5.74, 6) is -0.579. The van der Waals surface area contributed by atoms with E-state index in [1.54, 1.807) is 11.3 Å². The molecular formula is C14H13NO4S2. The molecule has 0 unspecified atom stereocenters. The van der Waals surface area contributed by atoms with E-state index in [0.29, 0.717) is 0 Å². The smallest absolute Gasteiger partial charge is 0.335 e. The Labute approximate surface area is 129 Å². The third-order valence-electron chi connectivity index (χ3n) is 2.58. The van der Waals surface area contributed by atoms with Gasteiger partial charge in [0.25, 0.3) is 0 Å². The highest BCUT2D eigenvalue weighted by atomic mass is 32.2. The molecule has 2 rings (SSSR count). The van der Waals surface area contributed by atoms with Crippen LogP contribution in [0.4, 0.5) is 5.69 Å². The normalized spacial score (nSPS) is 10.3. The van der Waals surface area contributed by atoms with Gasteiger partial charge in [0.05, 0.1) is 17.0 Å². The van der Waals surface area contributed by atoms with Crippen LogP contribution in [0.1, 0.15) is 15.2 Å². The number of carbonyl (C=O) groups excluding carboxylic acids is 1. The van der Waals surface area contributed by atoms with Crippen molar-refractivity contribution in [3.8, 4) is 5.75 Å². The van der Waals surface area contributed by atoms with Crippen molar-refractivity contribution in [3.63, 3.8) is 0 Å². The van der Waals surface area contributed by atoms with Gasteiger partial charge in [0.15, 0.2) is 0 Å². The van der Waals surface area contributed by atoms with Crippen molar-refractivity contribution >= 4 is 40.7 Å². The zero-order valence-electron chi connectivity index (χ0n) is 10.9. The predicted molar refractivity (Wildman–Crippen MR) is 84.2 cm³/mol. The van der Waals surface area contributed by atoms with Gasteiger partial charge < -0.3 is 15.5 Å². The number of carboxylic acid groups (broad SMARTS) is 1. The molecule has 0 aliphatic rings. The van der Waals surface area contributed by atoms with Gasteiger partial charge in [0.2, 0.25) is 5.91 Å². The molecular weight excluding hydrogens is 310 g/mol. The molecule has 0 saturated carbocycles. The number of phenolic OH excluding ortho intramolecular Hbond substituents is 1. The molecule has 0 saturated heterocycles. The largest absolute Gasteiger partial charge is 0.506 e. The molecule has 0 atom stereocenters. The van der Waals surface area contributed by atoms with Crippen LogP contribution in [0.15, 0.2) is 35.7 Å². The van der Waals surface area contributed by atoms with Gasteiger partial charge in [-0.25, -0.2) is 4.79 Å². The van der Waals surface area contributed by atoms with Crippen molar-refractivity contribution in [1.82, 2.24) is 0 Å². The van der Waals surface area contributed by atoms with E-state index in [0.717, 1.165) is 5.75 Å². The fraction of sp³-hybridized carbons (Fsp3) is 0.143. The second-order valence-corrected chi connectivity index (χ2v) is 6.18. The van der Waals surface area contributed by atoms with Crippen LogP contribution < -0.4 is 5.32 Å². The number of nitrogens with one attached hydrogen (secondary N) is 1. The molecule has 1 aromatic carbocycles. The third-order valence-corrected chi connectivity index (χ3v) is 4.62. The Hall–Kier alpha value is -1.99. The summed E-state index contributed by atoms with van der Waals surface area (Å²) in [5, 5.41) is 23.0. The minimum absolute atomic E-state index is 0.00865. The Morgan fingerprint density at radius 2 is 2.10 bits per heavy atom. The van der Waals surface area contributed by atoms with Gasteiger partial charge in [-0.1, -0.05) is 6.07 Å². The zero-order chi connectivity index (χ0) is 15.2. The van der Waals surface area contributed by atoms with Gasteiger partial charge in [-0.05, 0) is 29.6 Å². The standard InChI is InChI=1S/C14H13NO4S2/c16-12-4-3-9(14(18)19)6-11(12)15-13(17)8-20-7-10-2-1-5-21-10/h1-6,16H,7-8H2,(H,15,17)(H,18,19). The van der Waals surface area contributed by atoms with Gasteiger partial charge >= 0.3 is 5.97 Å². The van der Waals surface area contributed by atoms with E-state index in [4.69, 9.17) is 5.11 Å². The summed E-state index contributed by atoms with van der Waals surface area (Å²) in [6.07, 6.45) is 0. The van der Waals surface area contributed by atoms with Gasteiger partial charge in [-0.2, -0.15) is 0 Å². The van der Waals surface area contributed by atoms with E-state index in [1.807, 2.05) is 17.5 Å². The quantitative estimate of drug-likeness (QED) is 0.711. The summed E-state index contributed by atoms with van der Waals surface area (Å²) in [7, 11) is 0. The van der Waals surface area contributed by atoms with Crippen molar-refractivity contribution in [2.24, 2.45) is 0 Å². The molecule has 21 heavy (non-hydrogen) atoms. The molecule has 7 heteroatoms. The van der Waals surface area contributed by atoms with Crippen LogP contribution in [0.2, 0.25) is 0 Å². The van der Waals surface area contributed by atoms with Gasteiger partial charge in [-0.3, -0.25) is 4.79 Å². The highest BCUT2D eigenvalue weighted by molar-refractivity contribution is 7.99. The molecule has 1 aromatic heterocycles. The number of carbonyl (C=O) groups is 2. The maximum Gasteiger partial charge on any atom is 0.335 e. The number of aromatic carboxylic acids is 1.